The van der Waals surface area contributed by atoms with E-state index < -0.39 is 4.92 Å². The Morgan fingerprint density at radius 1 is 0.957 bits per heavy atom. The smallest absolute Gasteiger partial charge is 0.269 e. The number of nitro benzene ring substituents is 1. The second-order valence-electron chi connectivity index (χ2n) is 10.3. The number of carbonyl (C=O) groups is 1. The molecule has 0 unspecified atom stereocenters. The fourth-order valence-corrected chi connectivity index (χ4v) is 7.34. The van der Waals surface area contributed by atoms with E-state index in [-0.39, 0.29) is 24.0 Å². The normalized spacial score (nSPS) is 11.1. The van der Waals surface area contributed by atoms with Crippen LogP contribution in [0, 0.1) is 24.0 Å². The van der Waals surface area contributed by atoms with E-state index in [4.69, 9.17) is 4.74 Å². The summed E-state index contributed by atoms with van der Waals surface area (Å²) in [5.41, 5.74) is 5.80. The first-order chi connectivity index (χ1) is 22.3. The number of fused-ring (bicyclic) bond motifs is 1. The van der Waals surface area contributed by atoms with E-state index in [2.05, 4.69) is 27.4 Å². The zero-order chi connectivity index (χ0) is 32.0. The Morgan fingerprint density at radius 2 is 1.76 bits per heavy atom. The number of nitrogens with one attached hydrogen (secondary N) is 1. The van der Waals surface area contributed by atoms with Gasteiger partial charge < -0.3 is 10.1 Å². The van der Waals surface area contributed by atoms with Crippen LogP contribution >= 0.6 is 34.9 Å². The maximum Gasteiger partial charge on any atom is 0.269 e. The van der Waals surface area contributed by atoms with Gasteiger partial charge >= 0.3 is 0 Å². The number of para-hydroxylation sites is 1. The van der Waals surface area contributed by atoms with E-state index >= 15 is 0 Å². The van der Waals surface area contributed by atoms with Gasteiger partial charge in [-0.05, 0) is 73.0 Å². The Balaban J connectivity index is 1.09. The molecule has 0 aliphatic rings. The van der Waals surface area contributed by atoms with Crippen LogP contribution in [-0.2, 0) is 17.2 Å². The Hall–Kier alpha value is -4.72. The molecule has 2 heterocycles. The third-order valence-corrected chi connectivity index (χ3v) is 10.2. The Morgan fingerprint density at radius 3 is 2.52 bits per heavy atom. The standard InChI is InChI=1S/C33H28N6O4S3/c1-21-8-14-27(16-22(21)2)43-18-30-36-37-32(38(30)25-6-4-3-5-7-25)44-20-31(40)34-24-11-15-28-29(17-24)46-33(35-28)45-19-23-9-12-26(13-10-23)39(41)42/h3-17H,18-20H2,1-2H3,(H,34,40). The molecule has 0 spiro atoms. The van der Waals surface area contributed by atoms with Gasteiger partial charge in [0.25, 0.3) is 5.69 Å². The van der Waals surface area contributed by atoms with Crippen molar-refractivity contribution < 1.29 is 14.5 Å². The fourth-order valence-electron chi connectivity index (χ4n) is 4.50. The molecule has 10 nitrogen and oxygen atoms in total. The summed E-state index contributed by atoms with van der Waals surface area (Å²) in [6.07, 6.45) is 0. The van der Waals surface area contributed by atoms with Crippen molar-refractivity contribution in [1.29, 1.82) is 0 Å². The van der Waals surface area contributed by atoms with Gasteiger partial charge in [0.05, 0.1) is 20.9 Å². The van der Waals surface area contributed by atoms with Gasteiger partial charge in [0.2, 0.25) is 5.91 Å². The number of nitro groups is 1. The van der Waals surface area contributed by atoms with E-state index in [0.717, 1.165) is 37.1 Å². The molecule has 0 fully saturated rings. The fraction of sp³-hybridized carbons (Fsp3) is 0.152. The zero-order valence-corrected chi connectivity index (χ0v) is 27.3. The van der Waals surface area contributed by atoms with Crippen LogP contribution in [0.5, 0.6) is 5.75 Å². The summed E-state index contributed by atoms with van der Waals surface area (Å²) in [4.78, 5) is 28.2. The number of thioether (sulfide) groups is 2. The lowest BCUT2D eigenvalue weighted by Gasteiger charge is -2.12. The second kappa shape index (κ2) is 14.1. The highest BCUT2D eigenvalue weighted by Crippen LogP contribution is 2.33. The summed E-state index contributed by atoms with van der Waals surface area (Å²) >= 11 is 4.40. The Labute approximate surface area is 277 Å². The highest BCUT2D eigenvalue weighted by atomic mass is 32.2. The van der Waals surface area contributed by atoms with Gasteiger partial charge in [0.1, 0.15) is 12.4 Å². The molecule has 2 aromatic heterocycles. The summed E-state index contributed by atoms with van der Waals surface area (Å²) in [6, 6.07) is 27.9. The van der Waals surface area contributed by atoms with Gasteiger partial charge in [0.15, 0.2) is 15.3 Å². The van der Waals surface area contributed by atoms with Gasteiger partial charge in [-0.25, -0.2) is 4.98 Å². The largest absolute Gasteiger partial charge is 0.486 e. The van der Waals surface area contributed by atoms with Crippen molar-refractivity contribution in [3.63, 3.8) is 0 Å². The molecule has 0 aliphatic heterocycles. The molecule has 46 heavy (non-hydrogen) atoms. The number of ether oxygens (including phenoxy) is 1. The van der Waals surface area contributed by atoms with E-state index in [1.165, 1.54) is 40.8 Å². The lowest BCUT2D eigenvalue weighted by molar-refractivity contribution is -0.384. The van der Waals surface area contributed by atoms with Crippen molar-refractivity contribution in [3.05, 3.63) is 124 Å². The molecule has 0 saturated heterocycles. The molecular formula is C33H28N6O4S3. The lowest BCUT2D eigenvalue weighted by Crippen LogP contribution is -2.14. The molecule has 13 heteroatoms. The first-order valence-electron chi connectivity index (χ1n) is 14.2. The molecule has 0 atom stereocenters. The summed E-state index contributed by atoms with van der Waals surface area (Å²) < 4.78 is 9.80. The van der Waals surface area contributed by atoms with Crippen molar-refractivity contribution in [2.24, 2.45) is 0 Å². The number of hydrogen-bond donors (Lipinski definition) is 1. The SMILES string of the molecule is Cc1ccc(OCc2nnc(SCC(=O)Nc3ccc4nc(SCc5ccc([N+](=O)[O-])cc5)sc4c3)n2-c2ccccc2)cc1C. The average molecular weight is 669 g/mol. The Kier molecular flexibility index (Phi) is 9.62. The van der Waals surface area contributed by atoms with Gasteiger partial charge in [-0.15, -0.1) is 21.5 Å². The first kappa shape index (κ1) is 31.3. The van der Waals surface area contributed by atoms with Crippen LogP contribution in [0.1, 0.15) is 22.5 Å². The molecule has 0 saturated carbocycles. The predicted molar refractivity (Wildman–Crippen MR) is 183 cm³/mol. The number of aromatic nitrogens is 4. The minimum absolute atomic E-state index is 0.0723. The van der Waals surface area contributed by atoms with Crippen molar-refractivity contribution >= 4 is 62.4 Å². The van der Waals surface area contributed by atoms with Gasteiger partial charge in [-0.1, -0.05) is 59.9 Å². The van der Waals surface area contributed by atoms with Crippen LogP contribution in [0.2, 0.25) is 0 Å². The lowest BCUT2D eigenvalue weighted by atomic mass is 10.1. The number of benzene rings is 4. The van der Waals surface area contributed by atoms with Crippen LogP contribution in [0.3, 0.4) is 0 Å². The number of aryl methyl sites for hydroxylation is 2. The number of nitrogens with zero attached hydrogens (tertiary/aromatic N) is 5. The molecule has 1 N–H and O–H groups in total. The van der Waals surface area contributed by atoms with Gasteiger partial charge in [-0.2, -0.15) is 0 Å². The summed E-state index contributed by atoms with van der Waals surface area (Å²) in [5.74, 6) is 2.00. The van der Waals surface area contributed by atoms with Crippen molar-refractivity contribution in [2.75, 3.05) is 11.1 Å². The highest BCUT2D eigenvalue weighted by Gasteiger charge is 2.17. The highest BCUT2D eigenvalue weighted by molar-refractivity contribution is 8.00. The molecule has 6 rings (SSSR count). The van der Waals surface area contributed by atoms with Crippen LogP contribution in [0.25, 0.3) is 15.9 Å². The molecule has 1 amide bonds. The summed E-state index contributed by atoms with van der Waals surface area (Å²) in [7, 11) is 0. The van der Waals surface area contributed by atoms with Crippen molar-refractivity contribution in [1.82, 2.24) is 19.7 Å². The van der Waals surface area contributed by atoms with Gasteiger partial charge in [0, 0.05) is 29.3 Å². The maximum absolute atomic E-state index is 13.0. The van der Waals surface area contributed by atoms with Crippen LogP contribution in [0.4, 0.5) is 11.4 Å². The number of thiazole rings is 1. The molecule has 0 bridgehead atoms. The summed E-state index contributed by atoms with van der Waals surface area (Å²) in [6.45, 7) is 4.33. The number of rotatable bonds is 12. The number of anilines is 1. The van der Waals surface area contributed by atoms with E-state index in [1.54, 1.807) is 23.9 Å². The van der Waals surface area contributed by atoms with Crippen LogP contribution in [0.15, 0.2) is 100 Å². The van der Waals surface area contributed by atoms with E-state index in [1.807, 2.05) is 78.2 Å². The second-order valence-corrected chi connectivity index (χ2v) is 13.5. The maximum atomic E-state index is 13.0. The average Bonchev–Trinajstić information content (AvgIpc) is 3.67. The third kappa shape index (κ3) is 7.56. The topological polar surface area (TPSA) is 125 Å². The van der Waals surface area contributed by atoms with Gasteiger partial charge in [-0.3, -0.25) is 19.5 Å². The molecular weight excluding hydrogens is 641 g/mol. The summed E-state index contributed by atoms with van der Waals surface area (Å²) in [5, 5.41) is 23.2. The monoisotopic (exact) mass is 668 g/mol. The third-order valence-electron chi connectivity index (χ3n) is 7.06. The minimum Gasteiger partial charge on any atom is -0.486 e. The predicted octanol–water partition coefficient (Wildman–Crippen LogP) is 8.00. The number of carbonyl (C=O) groups excluding carboxylic acids is 1. The molecule has 0 radical (unpaired) electrons. The van der Waals surface area contributed by atoms with Crippen molar-refractivity contribution in [2.45, 2.75) is 35.7 Å². The first-order valence-corrected chi connectivity index (χ1v) is 17.0. The van der Waals surface area contributed by atoms with Crippen LogP contribution in [-0.4, -0.2) is 36.3 Å². The quantitative estimate of drug-likeness (QED) is 0.0784. The van der Waals surface area contributed by atoms with Crippen LogP contribution < -0.4 is 10.1 Å². The Bertz CT molecular complexity index is 2010. The molecule has 6 aromatic rings. The zero-order valence-electron chi connectivity index (χ0n) is 24.9. The number of amides is 1. The molecule has 0 aliphatic carbocycles. The molecule has 232 valence electrons. The minimum atomic E-state index is -0.406. The van der Waals surface area contributed by atoms with E-state index in [9.17, 15) is 14.9 Å². The number of non-ortho nitro benzene ring substituents is 1. The molecule has 4 aromatic carbocycles. The van der Waals surface area contributed by atoms with Crippen molar-refractivity contribution in [3.8, 4) is 11.4 Å². The number of hydrogen-bond acceptors (Lipinski definition) is 10. The van der Waals surface area contributed by atoms with E-state index in [0.29, 0.717) is 22.4 Å².